The molecule has 0 radical (unpaired) electrons. The third kappa shape index (κ3) is 13.6. The van der Waals surface area contributed by atoms with Crippen LogP contribution in [0.2, 0.25) is 0 Å². The summed E-state index contributed by atoms with van der Waals surface area (Å²) < 4.78 is 47.4. The fourth-order valence-electron chi connectivity index (χ4n) is 1.43. The van der Waals surface area contributed by atoms with Gasteiger partial charge in [-0.2, -0.15) is 0 Å². The number of carbonyl (C=O) groups excluding carboxylic acids is 1. The van der Waals surface area contributed by atoms with E-state index in [-0.39, 0.29) is 24.3 Å². The van der Waals surface area contributed by atoms with E-state index in [4.69, 9.17) is 16.2 Å². The van der Waals surface area contributed by atoms with E-state index in [1.54, 1.807) is 0 Å². The van der Waals surface area contributed by atoms with Crippen LogP contribution in [0, 0.1) is 0 Å². The molecule has 2 atom stereocenters. The van der Waals surface area contributed by atoms with Crippen LogP contribution in [0.1, 0.15) is 19.8 Å². The molecule has 16 heteroatoms. The number of ether oxygens (including phenoxy) is 1. The number of methoxy groups -OCH3 is 1. The van der Waals surface area contributed by atoms with Crippen molar-refractivity contribution in [3.8, 4) is 0 Å². The molecule has 0 aromatic heterocycles. The van der Waals surface area contributed by atoms with Crippen molar-refractivity contribution < 1.29 is 36.3 Å². The standard InChI is InChI=1S/2C6H11N3O4S/c1-6(5(10)11,8-9-7)3-4-14(2,12)13;1-13-6(10)5(8-9-7)3-4-14(2,11)12/h3-4H2,1-2H3,(H,10,11);5H,3-4H2,1-2H3/t6-;5-/m00/s1. The van der Waals surface area contributed by atoms with Gasteiger partial charge in [-0.1, -0.05) is 10.2 Å². The van der Waals surface area contributed by atoms with Crippen molar-refractivity contribution in [2.24, 2.45) is 10.2 Å². The monoisotopic (exact) mass is 442 g/mol. The van der Waals surface area contributed by atoms with Gasteiger partial charge in [-0.15, -0.1) is 0 Å². The van der Waals surface area contributed by atoms with Crippen molar-refractivity contribution in [3.63, 3.8) is 0 Å². The lowest BCUT2D eigenvalue weighted by atomic mass is 10.0. The third-order valence-corrected chi connectivity index (χ3v) is 5.04. The second-order valence-electron chi connectivity index (χ2n) is 5.81. The summed E-state index contributed by atoms with van der Waals surface area (Å²) in [5, 5.41) is 14.9. The van der Waals surface area contributed by atoms with Crippen LogP contribution in [0.4, 0.5) is 0 Å². The maximum absolute atomic E-state index is 10.9. The summed E-state index contributed by atoms with van der Waals surface area (Å²) in [4.78, 5) is 26.4. The van der Waals surface area contributed by atoms with Gasteiger partial charge in [-0.05, 0) is 30.8 Å². The van der Waals surface area contributed by atoms with Gasteiger partial charge in [-0.3, -0.25) is 9.59 Å². The highest BCUT2D eigenvalue weighted by Gasteiger charge is 2.32. The van der Waals surface area contributed by atoms with E-state index in [1.807, 2.05) is 0 Å². The Morgan fingerprint density at radius 2 is 1.61 bits per heavy atom. The predicted molar refractivity (Wildman–Crippen MR) is 98.8 cm³/mol. The Bertz CT molecular complexity index is 853. The Hall–Kier alpha value is -2.54. The molecule has 14 nitrogen and oxygen atoms in total. The van der Waals surface area contributed by atoms with Gasteiger partial charge in [0.05, 0.1) is 18.6 Å². The van der Waals surface area contributed by atoms with E-state index in [9.17, 15) is 26.4 Å². The zero-order valence-electron chi connectivity index (χ0n) is 15.7. The number of nitrogens with zero attached hydrogens (tertiary/aromatic N) is 6. The molecule has 0 unspecified atom stereocenters. The zero-order valence-corrected chi connectivity index (χ0v) is 17.3. The van der Waals surface area contributed by atoms with Crippen LogP contribution in [0.3, 0.4) is 0 Å². The van der Waals surface area contributed by atoms with Gasteiger partial charge in [0.1, 0.15) is 31.3 Å². The van der Waals surface area contributed by atoms with E-state index in [1.165, 1.54) is 6.92 Å². The maximum Gasteiger partial charge on any atom is 0.315 e. The zero-order chi connectivity index (χ0) is 22.6. The van der Waals surface area contributed by atoms with Gasteiger partial charge >= 0.3 is 11.9 Å². The number of aliphatic carboxylic acids is 1. The van der Waals surface area contributed by atoms with Gasteiger partial charge < -0.3 is 9.84 Å². The van der Waals surface area contributed by atoms with Crippen molar-refractivity contribution in [3.05, 3.63) is 20.9 Å². The molecule has 28 heavy (non-hydrogen) atoms. The van der Waals surface area contributed by atoms with Gasteiger partial charge in [0.2, 0.25) is 0 Å². The highest BCUT2D eigenvalue weighted by atomic mass is 32.2. The van der Waals surface area contributed by atoms with Gasteiger partial charge in [0.15, 0.2) is 0 Å². The van der Waals surface area contributed by atoms with E-state index in [2.05, 4.69) is 24.8 Å². The number of sulfone groups is 2. The van der Waals surface area contributed by atoms with Gasteiger partial charge in [0, 0.05) is 22.3 Å². The van der Waals surface area contributed by atoms with E-state index in [0.717, 1.165) is 19.6 Å². The number of rotatable bonds is 10. The Labute approximate surface area is 162 Å². The third-order valence-electron chi connectivity index (χ3n) is 3.11. The molecule has 0 aliphatic heterocycles. The molecule has 0 saturated heterocycles. The van der Waals surface area contributed by atoms with Crippen molar-refractivity contribution in [2.75, 3.05) is 31.1 Å². The summed E-state index contributed by atoms with van der Waals surface area (Å²) in [5.41, 5.74) is 14.5. The quantitative estimate of drug-likeness (QED) is 0.220. The lowest BCUT2D eigenvalue weighted by Gasteiger charge is -2.17. The largest absolute Gasteiger partial charge is 0.481 e. The van der Waals surface area contributed by atoms with Crippen LogP contribution in [-0.4, -0.2) is 76.6 Å². The lowest BCUT2D eigenvalue weighted by Crippen LogP contribution is -2.34. The summed E-state index contributed by atoms with van der Waals surface area (Å²) in [5.74, 6) is -2.61. The summed E-state index contributed by atoms with van der Waals surface area (Å²) in [6.45, 7) is 1.18. The fourth-order valence-corrected chi connectivity index (χ4v) is 2.85. The smallest absolute Gasteiger partial charge is 0.315 e. The number of carboxylic acids is 1. The minimum atomic E-state index is -3.26. The highest BCUT2D eigenvalue weighted by Crippen LogP contribution is 2.17. The Balaban J connectivity index is 0. The molecule has 0 saturated carbocycles. The molecule has 0 fully saturated rings. The number of azide groups is 2. The van der Waals surface area contributed by atoms with Gasteiger partial charge in [-0.25, -0.2) is 16.8 Å². The van der Waals surface area contributed by atoms with Crippen molar-refractivity contribution >= 4 is 31.6 Å². The Morgan fingerprint density at radius 3 is 1.93 bits per heavy atom. The average Bonchev–Trinajstić information content (AvgIpc) is 2.55. The van der Waals surface area contributed by atoms with Crippen molar-refractivity contribution in [1.82, 2.24) is 0 Å². The van der Waals surface area contributed by atoms with Crippen LogP contribution in [0.15, 0.2) is 10.2 Å². The second kappa shape index (κ2) is 12.0. The molecule has 160 valence electrons. The van der Waals surface area contributed by atoms with E-state index < -0.39 is 43.2 Å². The normalized spacial score (nSPS) is 14.0. The maximum atomic E-state index is 10.9. The molecule has 0 spiro atoms. The molecule has 0 aromatic rings. The summed E-state index contributed by atoms with van der Waals surface area (Å²) in [6.07, 6.45) is 1.74. The first-order chi connectivity index (χ1) is 12.6. The molecular formula is C12H22N6O8S2. The lowest BCUT2D eigenvalue weighted by molar-refractivity contribution is -0.143. The molecule has 0 bridgehead atoms. The summed E-state index contributed by atoms with van der Waals surface area (Å²) in [6, 6.07) is -1.07. The molecule has 0 aliphatic carbocycles. The predicted octanol–water partition coefficient (Wildman–Crippen LogP) is 0.848. The number of hydrogen-bond donors (Lipinski definition) is 1. The SMILES string of the molecule is COC(=O)[C@H](CCS(C)(=O)=O)N=[N+]=[N-].C[C@@](CCS(C)(=O)=O)(N=[N+]=[N-])C(=O)O. The van der Waals surface area contributed by atoms with Gasteiger partial charge in [0.25, 0.3) is 0 Å². The number of carboxylic acid groups (broad SMARTS) is 1. The molecule has 0 amide bonds. The Kier molecular flexibility index (Phi) is 11.9. The molecule has 0 heterocycles. The molecule has 1 N–H and O–H groups in total. The summed E-state index contributed by atoms with van der Waals surface area (Å²) >= 11 is 0. The fraction of sp³-hybridized carbons (Fsp3) is 0.833. The molecular weight excluding hydrogens is 420 g/mol. The first-order valence-electron chi connectivity index (χ1n) is 7.39. The van der Waals surface area contributed by atoms with Crippen LogP contribution in [0.25, 0.3) is 20.9 Å². The minimum Gasteiger partial charge on any atom is -0.481 e. The van der Waals surface area contributed by atoms with E-state index >= 15 is 0 Å². The first-order valence-corrected chi connectivity index (χ1v) is 11.5. The topological polar surface area (TPSA) is 229 Å². The van der Waals surface area contributed by atoms with Crippen LogP contribution < -0.4 is 0 Å². The minimum absolute atomic E-state index is 0.0600. The highest BCUT2D eigenvalue weighted by molar-refractivity contribution is 7.90. The van der Waals surface area contributed by atoms with Crippen molar-refractivity contribution in [2.45, 2.75) is 31.3 Å². The molecule has 0 rings (SSSR count). The number of esters is 1. The van der Waals surface area contributed by atoms with Crippen molar-refractivity contribution in [1.29, 1.82) is 0 Å². The van der Waals surface area contributed by atoms with Crippen LogP contribution in [0.5, 0.6) is 0 Å². The van der Waals surface area contributed by atoms with Crippen LogP contribution >= 0.6 is 0 Å². The summed E-state index contributed by atoms with van der Waals surface area (Å²) in [7, 11) is -5.28. The average molecular weight is 442 g/mol. The van der Waals surface area contributed by atoms with E-state index in [0.29, 0.717) is 0 Å². The first kappa shape index (κ1) is 27.7. The molecule has 0 aliphatic rings. The number of hydrogen-bond acceptors (Lipinski definition) is 9. The number of carbonyl (C=O) groups is 2. The second-order valence-corrected chi connectivity index (χ2v) is 10.3. The molecule has 0 aromatic carbocycles. The van der Waals surface area contributed by atoms with Crippen LogP contribution in [-0.2, 0) is 34.0 Å². The Morgan fingerprint density at radius 1 is 1.11 bits per heavy atom.